The van der Waals surface area contributed by atoms with Crippen LogP contribution in [0.5, 0.6) is 0 Å². The topological polar surface area (TPSA) is 20.3 Å². The largest absolute Gasteiger partial charge is 0.333 e. The summed E-state index contributed by atoms with van der Waals surface area (Å²) in [5, 5.41) is 0.643. The van der Waals surface area contributed by atoms with Gasteiger partial charge in [0.1, 0.15) is 5.82 Å². The van der Waals surface area contributed by atoms with Crippen LogP contribution in [0.25, 0.3) is 0 Å². The lowest BCUT2D eigenvalue weighted by Crippen LogP contribution is -2.46. The Morgan fingerprint density at radius 3 is 2.12 bits per heavy atom. The Morgan fingerprint density at radius 2 is 1.54 bits per heavy atom. The molecule has 2 bridgehead atoms. The normalized spacial score (nSPS) is 25.8. The van der Waals surface area contributed by atoms with Gasteiger partial charge in [-0.25, -0.2) is 4.39 Å². The first-order valence-electron chi connectivity index (χ1n) is 8.45. The summed E-state index contributed by atoms with van der Waals surface area (Å²) in [6, 6.07) is 14.5. The third kappa shape index (κ3) is 2.82. The second-order valence-corrected chi connectivity index (χ2v) is 7.26. The molecule has 2 heterocycles. The lowest BCUT2D eigenvalue weighted by molar-refractivity contribution is 0.0571. The van der Waals surface area contributed by atoms with E-state index in [-0.39, 0.29) is 23.8 Å². The van der Waals surface area contributed by atoms with Crippen LogP contribution in [0, 0.1) is 5.82 Å². The molecule has 2 nitrogen and oxygen atoms in total. The second kappa shape index (κ2) is 6.21. The van der Waals surface area contributed by atoms with Gasteiger partial charge in [0.05, 0.1) is 0 Å². The molecule has 2 unspecified atom stereocenters. The number of carbonyl (C=O) groups excluding carboxylic acids is 1. The maximum absolute atomic E-state index is 13.1. The van der Waals surface area contributed by atoms with Gasteiger partial charge >= 0.3 is 0 Å². The summed E-state index contributed by atoms with van der Waals surface area (Å²) < 4.78 is 13.1. The highest BCUT2D eigenvalue weighted by atomic mass is 35.5. The van der Waals surface area contributed by atoms with Gasteiger partial charge in [-0.15, -0.1) is 0 Å². The minimum Gasteiger partial charge on any atom is -0.333 e. The number of benzene rings is 2. The van der Waals surface area contributed by atoms with E-state index in [1.54, 1.807) is 24.3 Å². The minimum absolute atomic E-state index is 0.108. The summed E-state index contributed by atoms with van der Waals surface area (Å²) in [7, 11) is 0. The molecule has 24 heavy (non-hydrogen) atoms. The van der Waals surface area contributed by atoms with Gasteiger partial charge in [0.15, 0.2) is 0 Å². The Hall–Kier alpha value is -1.87. The third-order valence-corrected chi connectivity index (χ3v) is 5.65. The number of nitrogens with zero attached hydrogens (tertiary/aromatic N) is 1. The summed E-state index contributed by atoms with van der Waals surface area (Å²) >= 11 is 5.92. The van der Waals surface area contributed by atoms with Gasteiger partial charge in [-0.05, 0) is 73.6 Å². The lowest BCUT2D eigenvalue weighted by atomic mass is 9.85. The zero-order valence-corrected chi connectivity index (χ0v) is 14.0. The van der Waals surface area contributed by atoms with Gasteiger partial charge in [0.2, 0.25) is 0 Å². The number of piperidine rings is 1. The molecule has 0 aliphatic carbocycles. The average molecular weight is 344 g/mol. The molecule has 2 fully saturated rings. The molecule has 0 spiro atoms. The predicted molar refractivity (Wildman–Crippen MR) is 92.8 cm³/mol. The van der Waals surface area contributed by atoms with E-state index in [2.05, 4.69) is 4.90 Å². The van der Waals surface area contributed by atoms with Crippen LogP contribution in [0.15, 0.2) is 48.5 Å². The first-order chi connectivity index (χ1) is 11.6. The molecule has 4 heteroatoms. The van der Waals surface area contributed by atoms with E-state index >= 15 is 0 Å². The summed E-state index contributed by atoms with van der Waals surface area (Å²) in [6.07, 6.45) is 4.03. The molecule has 4 rings (SSSR count). The van der Waals surface area contributed by atoms with Crippen LogP contribution in [-0.2, 0) is 0 Å². The quantitative estimate of drug-likeness (QED) is 0.749. The lowest BCUT2D eigenvalue weighted by Gasteiger charge is -2.39. The Morgan fingerprint density at radius 1 is 0.958 bits per heavy atom. The van der Waals surface area contributed by atoms with Crippen molar-refractivity contribution in [3.63, 3.8) is 0 Å². The molecule has 2 aliphatic rings. The van der Waals surface area contributed by atoms with Crippen molar-refractivity contribution >= 4 is 17.5 Å². The zero-order valence-electron chi connectivity index (χ0n) is 13.3. The molecule has 2 aliphatic heterocycles. The van der Waals surface area contributed by atoms with E-state index in [4.69, 9.17) is 11.6 Å². The van der Waals surface area contributed by atoms with Crippen molar-refractivity contribution in [2.45, 2.75) is 43.7 Å². The fraction of sp³-hybridized carbons (Fsp3) is 0.350. The summed E-state index contributed by atoms with van der Waals surface area (Å²) in [6.45, 7) is 0. The summed E-state index contributed by atoms with van der Waals surface area (Å²) in [5.41, 5.74) is 1.89. The van der Waals surface area contributed by atoms with Crippen LogP contribution in [0.2, 0.25) is 5.02 Å². The molecular weight excluding hydrogens is 325 g/mol. The van der Waals surface area contributed by atoms with Crippen LogP contribution in [0.3, 0.4) is 0 Å². The molecule has 2 aromatic carbocycles. The Bertz CT molecular complexity index is 729. The van der Waals surface area contributed by atoms with Crippen molar-refractivity contribution in [3.8, 4) is 0 Å². The maximum atomic E-state index is 13.1. The zero-order chi connectivity index (χ0) is 16.7. The molecule has 2 aromatic rings. The number of amides is 1. The van der Waals surface area contributed by atoms with Crippen molar-refractivity contribution in [1.82, 2.24) is 4.90 Å². The molecule has 2 atom stereocenters. The van der Waals surface area contributed by atoms with Crippen LogP contribution in [0.1, 0.15) is 47.5 Å². The summed E-state index contributed by atoms with van der Waals surface area (Å²) in [5.74, 6) is 0.325. The molecular formula is C20H19ClFNO. The number of hydrogen-bond donors (Lipinski definition) is 0. The highest BCUT2D eigenvalue weighted by Crippen LogP contribution is 2.43. The number of fused-ring (bicyclic) bond motifs is 2. The van der Waals surface area contributed by atoms with Crippen molar-refractivity contribution in [3.05, 3.63) is 70.5 Å². The number of halogens is 2. The van der Waals surface area contributed by atoms with Gasteiger partial charge in [-0.1, -0.05) is 23.7 Å². The smallest absolute Gasteiger partial charge is 0.254 e. The Kier molecular flexibility index (Phi) is 4.05. The second-order valence-electron chi connectivity index (χ2n) is 6.82. The molecule has 0 radical (unpaired) electrons. The first-order valence-corrected chi connectivity index (χ1v) is 8.83. The van der Waals surface area contributed by atoms with Crippen LogP contribution in [-0.4, -0.2) is 22.9 Å². The highest BCUT2D eigenvalue weighted by Gasteiger charge is 2.43. The number of carbonyl (C=O) groups is 1. The van der Waals surface area contributed by atoms with Crippen molar-refractivity contribution < 1.29 is 9.18 Å². The molecule has 0 saturated carbocycles. The van der Waals surface area contributed by atoms with Crippen molar-refractivity contribution in [2.75, 3.05) is 0 Å². The average Bonchev–Trinajstić information content (AvgIpc) is 2.85. The van der Waals surface area contributed by atoms with Crippen LogP contribution < -0.4 is 0 Å². The number of hydrogen-bond acceptors (Lipinski definition) is 1. The van der Waals surface area contributed by atoms with E-state index in [1.165, 1.54) is 17.7 Å². The van der Waals surface area contributed by atoms with Crippen molar-refractivity contribution in [2.24, 2.45) is 0 Å². The molecule has 0 N–H and O–H groups in total. The first kappa shape index (κ1) is 15.6. The predicted octanol–water partition coefficient (Wildman–Crippen LogP) is 5.03. The fourth-order valence-electron chi connectivity index (χ4n) is 4.26. The van der Waals surface area contributed by atoms with Gasteiger partial charge in [-0.2, -0.15) is 0 Å². The SMILES string of the molecule is O=C(c1ccc(Cl)cc1)N1C2CCC1CC(c1ccc(F)cc1)C2. The third-order valence-electron chi connectivity index (χ3n) is 5.40. The van der Waals surface area contributed by atoms with E-state index in [0.29, 0.717) is 16.5 Å². The van der Waals surface area contributed by atoms with Gasteiger partial charge < -0.3 is 4.90 Å². The standard InChI is InChI=1S/C20H19ClFNO/c21-16-5-1-14(2-6-16)20(24)23-18-9-10-19(23)12-15(11-18)13-3-7-17(22)8-4-13/h1-8,15,18-19H,9-12H2. The van der Waals surface area contributed by atoms with Gasteiger partial charge in [0.25, 0.3) is 5.91 Å². The van der Waals surface area contributed by atoms with E-state index in [0.717, 1.165) is 25.7 Å². The summed E-state index contributed by atoms with van der Waals surface area (Å²) in [4.78, 5) is 15.0. The fourth-order valence-corrected chi connectivity index (χ4v) is 4.38. The van der Waals surface area contributed by atoms with Crippen LogP contribution in [0.4, 0.5) is 4.39 Å². The van der Waals surface area contributed by atoms with Gasteiger partial charge in [-0.3, -0.25) is 4.79 Å². The monoisotopic (exact) mass is 343 g/mol. The van der Waals surface area contributed by atoms with Crippen molar-refractivity contribution in [1.29, 1.82) is 0 Å². The maximum Gasteiger partial charge on any atom is 0.254 e. The molecule has 124 valence electrons. The number of rotatable bonds is 2. The van der Waals surface area contributed by atoms with Crippen LogP contribution >= 0.6 is 11.6 Å². The van der Waals surface area contributed by atoms with E-state index < -0.39 is 0 Å². The van der Waals surface area contributed by atoms with Gasteiger partial charge in [0, 0.05) is 22.7 Å². The molecule has 0 aromatic heterocycles. The Labute approximate surface area is 146 Å². The Balaban J connectivity index is 1.53. The van der Waals surface area contributed by atoms with E-state index in [9.17, 15) is 9.18 Å². The highest BCUT2D eigenvalue weighted by molar-refractivity contribution is 6.30. The molecule has 1 amide bonds. The van der Waals surface area contributed by atoms with E-state index in [1.807, 2.05) is 12.1 Å². The minimum atomic E-state index is -0.197. The molecule has 2 saturated heterocycles.